The predicted molar refractivity (Wildman–Crippen MR) is 79.1 cm³/mol. The van der Waals surface area contributed by atoms with Gasteiger partial charge < -0.3 is 10.2 Å². The van der Waals surface area contributed by atoms with Crippen molar-refractivity contribution in [2.24, 2.45) is 5.41 Å². The molecule has 1 heterocycles. The molecule has 0 fully saturated rings. The second-order valence-corrected chi connectivity index (χ2v) is 6.68. The smallest absolute Gasteiger partial charge is 0.0429 e. The van der Waals surface area contributed by atoms with E-state index in [1.807, 2.05) is 0 Å². The minimum absolute atomic E-state index is 0.334. The van der Waals surface area contributed by atoms with Crippen LogP contribution in [0.2, 0.25) is 0 Å². The third-order valence-corrected chi connectivity index (χ3v) is 4.27. The van der Waals surface area contributed by atoms with Crippen molar-refractivity contribution in [3.05, 3.63) is 29.8 Å². The summed E-state index contributed by atoms with van der Waals surface area (Å²) in [6.45, 7) is 10.4. The lowest BCUT2D eigenvalue weighted by atomic mass is 9.87. The zero-order valence-electron chi connectivity index (χ0n) is 12.3. The average Bonchev–Trinajstić information content (AvgIpc) is 2.68. The van der Waals surface area contributed by atoms with Crippen LogP contribution in [-0.4, -0.2) is 30.6 Å². The fourth-order valence-corrected chi connectivity index (χ4v) is 2.65. The molecule has 1 N–H and O–H groups in total. The van der Waals surface area contributed by atoms with Crippen molar-refractivity contribution in [2.75, 3.05) is 18.9 Å². The summed E-state index contributed by atoms with van der Waals surface area (Å²) in [4.78, 5) is 2.48. The minimum atomic E-state index is 0.334. The van der Waals surface area contributed by atoms with E-state index in [1.165, 1.54) is 11.3 Å². The van der Waals surface area contributed by atoms with Crippen LogP contribution in [0.15, 0.2) is 24.3 Å². The molecule has 0 radical (unpaired) electrons. The first kappa shape index (κ1) is 13.4. The molecule has 18 heavy (non-hydrogen) atoms. The Bertz CT molecular complexity index is 381. The highest BCUT2D eigenvalue weighted by atomic mass is 15.2. The molecule has 0 aliphatic carbocycles. The Labute approximate surface area is 111 Å². The van der Waals surface area contributed by atoms with Crippen molar-refractivity contribution in [2.45, 2.75) is 46.2 Å². The first-order chi connectivity index (χ1) is 8.38. The van der Waals surface area contributed by atoms with Crippen molar-refractivity contribution in [3.63, 3.8) is 0 Å². The molecule has 1 aromatic carbocycles. The summed E-state index contributed by atoms with van der Waals surface area (Å²) in [7, 11) is 2.24. The molecule has 0 aromatic heterocycles. The van der Waals surface area contributed by atoms with Gasteiger partial charge in [-0.25, -0.2) is 0 Å². The lowest BCUT2D eigenvalue weighted by molar-refractivity contribution is 0.137. The van der Waals surface area contributed by atoms with Crippen LogP contribution in [-0.2, 0) is 6.42 Å². The second kappa shape index (κ2) is 4.93. The van der Waals surface area contributed by atoms with Crippen LogP contribution in [0.4, 0.5) is 5.69 Å². The van der Waals surface area contributed by atoms with Crippen LogP contribution in [0.25, 0.3) is 0 Å². The van der Waals surface area contributed by atoms with Crippen molar-refractivity contribution < 1.29 is 0 Å². The lowest BCUT2D eigenvalue weighted by Crippen LogP contribution is -2.44. The van der Waals surface area contributed by atoms with Gasteiger partial charge >= 0.3 is 0 Å². The molecule has 2 atom stereocenters. The molecule has 1 aromatic rings. The van der Waals surface area contributed by atoms with Gasteiger partial charge in [0.15, 0.2) is 0 Å². The fourth-order valence-electron chi connectivity index (χ4n) is 2.65. The lowest BCUT2D eigenvalue weighted by Gasteiger charge is -2.36. The van der Waals surface area contributed by atoms with Crippen LogP contribution >= 0.6 is 0 Å². The number of nitrogens with zero attached hydrogens (tertiary/aromatic N) is 1. The Morgan fingerprint density at radius 1 is 1.33 bits per heavy atom. The van der Waals surface area contributed by atoms with Gasteiger partial charge in [-0.3, -0.25) is 0 Å². The van der Waals surface area contributed by atoms with E-state index in [2.05, 4.69) is 69.2 Å². The maximum absolute atomic E-state index is 3.63. The zero-order chi connectivity index (χ0) is 13.3. The first-order valence-corrected chi connectivity index (χ1v) is 6.92. The third-order valence-electron chi connectivity index (χ3n) is 4.27. The summed E-state index contributed by atoms with van der Waals surface area (Å²) >= 11 is 0. The highest BCUT2D eigenvalue weighted by Gasteiger charge is 2.27. The van der Waals surface area contributed by atoms with Crippen LogP contribution in [0.3, 0.4) is 0 Å². The molecule has 1 unspecified atom stereocenters. The van der Waals surface area contributed by atoms with Crippen molar-refractivity contribution >= 4 is 5.69 Å². The van der Waals surface area contributed by atoms with Crippen LogP contribution in [0.1, 0.15) is 33.3 Å². The maximum atomic E-state index is 3.63. The van der Waals surface area contributed by atoms with Crippen LogP contribution in [0, 0.1) is 5.41 Å². The number of hydrogen-bond donors (Lipinski definition) is 1. The SMILES string of the molecule is CC(N(C)C[C@@H]1Cc2ccccc2N1)C(C)(C)C. The highest BCUT2D eigenvalue weighted by Crippen LogP contribution is 2.27. The number of para-hydroxylation sites is 1. The topological polar surface area (TPSA) is 15.3 Å². The van der Waals surface area contributed by atoms with Gasteiger partial charge in [-0.1, -0.05) is 39.0 Å². The van der Waals surface area contributed by atoms with Crippen molar-refractivity contribution in [1.82, 2.24) is 4.90 Å². The van der Waals surface area contributed by atoms with Crippen LogP contribution in [0.5, 0.6) is 0 Å². The highest BCUT2D eigenvalue weighted by molar-refractivity contribution is 5.56. The molecule has 2 nitrogen and oxygen atoms in total. The van der Waals surface area contributed by atoms with E-state index in [0.717, 1.165) is 13.0 Å². The van der Waals surface area contributed by atoms with Gasteiger partial charge in [-0.05, 0) is 37.4 Å². The molecular weight excluding hydrogens is 220 g/mol. The summed E-state index contributed by atoms with van der Waals surface area (Å²) in [6, 6.07) is 9.79. The monoisotopic (exact) mass is 246 g/mol. The molecule has 0 spiro atoms. The summed E-state index contributed by atoms with van der Waals surface area (Å²) in [5.41, 5.74) is 3.11. The quantitative estimate of drug-likeness (QED) is 0.879. The second-order valence-electron chi connectivity index (χ2n) is 6.68. The van der Waals surface area contributed by atoms with Gasteiger partial charge in [-0.2, -0.15) is 0 Å². The molecular formula is C16H26N2. The molecule has 0 bridgehead atoms. The van der Waals surface area contributed by atoms with Gasteiger partial charge in [0.25, 0.3) is 0 Å². The predicted octanol–water partition coefficient (Wildman–Crippen LogP) is 3.39. The number of hydrogen-bond acceptors (Lipinski definition) is 2. The Kier molecular flexibility index (Phi) is 3.67. The van der Waals surface area contributed by atoms with Crippen molar-refractivity contribution in [3.8, 4) is 0 Å². The normalized spacial score (nSPS) is 20.7. The van der Waals surface area contributed by atoms with Crippen molar-refractivity contribution in [1.29, 1.82) is 0 Å². The largest absolute Gasteiger partial charge is 0.380 e. The summed E-state index contributed by atoms with van der Waals surface area (Å²) in [6.07, 6.45) is 1.15. The number of rotatable bonds is 3. The molecule has 1 aliphatic rings. The van der Waals surface area contributed by atoms with Crippen LogP contribution < -0.4 is 5.32 Å². The van der Waals surface area contributed by atoms with E-state index in [4.69, 9.17) is 0 Å². The first-order valence-electron chi connectivity index (χ1n) is 6.92. The molecule has 2 heteroatoms. The number of likely N-dealkylation sites (N-methyl/N-ethyl adjacent to an activating group) is 1. The van der Waals surface area contributed by atoms with E-state index in [9.17, 15) is 0 Å². The van der Waals surface area contributed by atoms with Gasteiger partial charge in [0.2, 0.25) is 0 Å². The van der Waals surface area contributed by atoms with E-state index in [0.29, 0.717) is 17.5 Å². The molecule has 0 amide bonds. The number of anilines is 1. The standard InChI is InChI=1S/C16H26N2/c1-12(16(2,3)4)18(5)11-14-10-13-8-6-7-9-15(13)17-14/h6-9,12,14,17H,10-11H2,1-5H3/t12?,14-/m0/s1. The summed E-state index contributed by atoms with van der Waals surface area (Å²) < 4.78 is 0. The molecule has 0 saturated heterocycles. The minimum Gasteiger partial charge on any atom is -0.380 e. The van der Waals surface area contributed by atoms with E-state index < -0.39 is 0 Å². The number of nitrogens with one attached hydrogen (secondary N) is 1. The Morgan fingerprint density at radius 3 is 2.61 bits per heavy atom. The molecule has 1 aliphatic heterocycles. The molecule has 0 saturated carbocycles. The summed E-state index contributed by atoms with van der Waals surface area (Å²) in [5.74, 6) is 0. The Hall–Kier alpha value is -1.02. The molecule has 2 rings (SSSR count). The third kappa shape index (κ3) is 2.86. The average molecular weight is 246 g/mol. The van der Waals surface area contributed by atoms with Gasteiger partial charge in [0.05, 0.1) is 0 Å². The van der Waals surface area contributed by atoms with Gasteiger partial charge in [-0.15, -0.1) is 0 Å². The maximum Gasteiger partial charge on any atom is 0.0429 e. The number of fused-ring (bicyclic) bond motifs is 1. The van der Waals surface area contributed by atoms with Gasteiger partial charge in [0.1, 0.15) is 0 Å². The van der Waals surface area contributed by atoms with E-state index >= 15 is 0 Å². The fraction of sp³-hybridized carbons (Fsp3) is 0.625. The zero-order valence-corrected chi connectivity index (χ0v) is 12.3. The Balaban J connectivity index is 1.94. The number of benzene rings is 1. The van der Waals surface area contributed by atoms with E-state index in [-0.39, 0.29) is 0 Å². The Morgan fingerprint density at radius 2 is 2.00 bits per heavy atom. The molecule has 100 valence electrons. The van der Waals surface area contributed by atoms with E-state index in [1.54, 1.807) is 0 Å². The summed E-state index contributed by atoms with van der Waals surface area (Å²) in [5, 5.41) is 3.63. The van der Waals surface area contributed by atoms with Gasteiger partial charge in [0, 0.05) is 24.3 Å².